The van der Waals surface area contributed by atoms with Crippen molar-refractivity contribution in [2.75, 3.05) is 6.61 Å². The minimum atomic E-state index is -0.665. The summed E-state index contributed by atoms with van der Waals surface area (Å²) >= 11 is 0. The monoisotopic (exact) mass is 744 g/mol. The summed E-state index contributed by atoms with van der Waals surface area (Å²) < 4.78 is 0. The van der Waals surface area contributed by atoms with Gasteiger partial charge in [0.1, 0.15) is 0 Å². The molecule has 0 bridgehead atoms. The van der Waals surface area contributed by atoms with Gasteiger partial charge in [0.15, 0.2) is 0 Å². The molecule has 0 aliphatic heterocycles. The highest BCUT2D eigenvalue weighted by atomic mass is 16.3. The summed E-state index contributed by atoms with van der Waals surface area (Å²) in [5.41, 5.74) is 0. The summed E-state index contributed by atoms with van der Waals surface area (Å²) in [5.74, 6) is -0.0420. The summed E-state index contributed by atoms with van der Waals surface area (Å²) in [7, 11) is 0. The fourth-order valence-corrected chi connectivity index (χ4v) is 7.25. The molecule has 53 heavy (non-hydrogen) atoms. The molecule has 0 spiro atoms. The van der Waals surface area contributed by atoms with E-state index < -0.39 is 12.1 Å². The predicted molar refractivity (Wildman–Crippen MR) is 235 cm³/mol. The lowest BCUT2D eigenvalue weighted by Crippen LogP contribution is -2.45. The van der Waals surface area contributed by atoms with Gasteiger partial charge in [-0.1, -0.05) is 230 Å². The Labute approximate surface area is 331 Å². The van der Waals surface area contributed by atoms with Crippen LogP contribution in [0.5, 0.6) is 0 Å². The number of rotatable bonds is 43. The highest BCUT2D eigenvalue weighted by molar-refractivity contribution is 5.76. The molecule has 0 aliphatic carbocycles. The fraction of sp³-hybridized carbons (Fsp3) is 0.857. The zero-order chi connectivity index (χ0) is 38.6. The van der Waals surface area contributed by atoms with Gasteiger partial charge in [0, 0.05) is 6.42 Å². The Kier molecular flexibility index (Phi) is 43.8. The van der Waals surface area contributed by atoms with E-state index >= 15 is 0 Å². The molecule has 2 atom stereocenters. The average molecular weight is 744 g/mol. The molecular formula is C49H93NO3. The van der Waals surface area contributed by atoms with Crippen molar-refractivity contribution in [3.63, 3.8) is 0 Å². The Balaban J connectivity index is 3.54. The first-order valence-electron chi connectivity index (χ1n) is 23.7. The molecule has 0 heterocycles. The van der Waals surface area contributed by atoms with Crippen LogP contribution in [0.1, 0.15) is 251 Å². The number of allylic oxidation sites excluding steroid dienone is 6. The van der Waals surface area contributed by atoms with Crippen molar-refractivity contribution < 1.29 is 15.0 Å². The molecule has 0 rings (SSSR count). The lowest BCUT2D eigenvalue weighted by molar-refractivity contribution is -0.123. The molecule has 312 valence electrons. The average Bonchev–Trinajstić information content (AvgIpc) is 3.16. The van der Waals surface area contributed by atoms with Crippen molar-refractivity contribution in [1.82, 2.24) is 5.32 Å². The number of carbonyl (C=O) groups excluding carboxylic acids is 1. The number of aliphatic hydroxyl groups is 2. The summed E-state index contributed by atoms with van der Waals surface area (Å²) in [6.07, 6.45) is 59.4. The van der Waals surface area contributed by atoms with E-state index in [1.54, 1.807) is 0 Å². The van der Waals surface area contributed by atoms with Crippen LogP contribution in [-0.2, 0) is 4.79 Å². The summed E-state index contributed by atoms with van der Waals surface area (Å²) in [6, 6.07) is -0.543. The van der Waals surface area contributed by atoms with Crippen LogP contribution in [0.3, 0.4) is 0 Å². The first-order valence-corrected chi connectivity index (χ1v) is 23.7. The third-order valence-corrected chi connectivity index (χ3v) is 10.9. The van der Waals surface area contributed by atoms with Crippen LogP contribution in [0.4, 0.5) is 0 Å². The molecule has 2 unspecified atom stereocenters. The molecule has 0 aromatic carbocycles. The number of carbonyl (C=O) groups is 1. The molecule has 0 aliphatic rings. The zero-order valence-corrected chi connectivity index (χ0v) is 35.8. The van der Waals surface area contributed by atoms with Crippen molar-refractivity contribution in [3.8, 4) is 0 Å². The molecule has 4 heteroatoms. The molecule has 0 radical (unpaired) electrons. The summed E-state index contributed by atoms with van der Waals surface area (Å²) in [4.78, 5) is 12.4. The standard InChI is InChI=1S/C49H93NO3/c1-3-5-7-9-11-13-15-17-19-21-23-25-27-29-31-33-35-37-39-41-43-45-49(53)50-47(46-51)48(52)44-42-40-38-36-34-32-30-28-26-24-22-20-18-16-14-12-10-8-6-4-2/h15,17,21,23,27,29,47-48,51-52H,3-14,16,18-20,22,24-26,28,30-46H2,1-2H3,(H,50,53)/b17-15-,23-21-,29-27-. The zero-order valence-electron chi connectivity index (χ0n) is 35.8. The molecule has 0 aromatic heterocycles. The molecule has 1 amide bonds. The van der Waals surface area contributed by atoms with Crippen molar-refractivity contribution in [1.29, 1.82) is 0 Å². The Morgan fingerprint density at radius 3 is 1.15 bits per heavy atom. The molecule has 0 saturated carbocycles. The normalized spacial score (nSPS) is 13.2. The van der Waals surface area contributed by atoms with E-state index in [1.165, 1.54) is 173 Å². The molecule has 0 fully saturated rings. The van der Waals surface area contributed by atoms with Crippen LogP contribution in [-0.4, -0.2) is 34.9 Å². The van der Waals surface area contributed by atoms with Crippen LogP contribution in [0, 0.1) is 0 Å². The van der Waals surface area contributed by atoms with Crippen LogP contribution in [0.15, 0.2) is 36.5 Å². The van der Waals surface area contributed by atoms with E-state index in [1.807, 2.05) is 0 Å². The number of hydrogen-bond acceptors (Lipinski definition) is 3. The number of unbranched alkanes of at least 4 members (excludes halogenated alkanes) is 30. The second-order valence-electron chi connectivity index (χ2n) is 16.2. The highest BCUT2D eigenvalue weighted by Crippen LogP contribution is 2.16. The number of aliphatic hydroxyl groups excluding tert-OH is 2. The quantitative estimate of drug-likeness (QED) is 0.0430. The predicted octanol–water partition coefficient (Wildman–Crippen LogP) is 15.0. The van der Waals surface area contributed by atoms with Crippen LogP contribution in [0.2, 0.25) is 0 Å². The lowest BCUT2D eigenvalue weighted by Gasteiger charge is -2.22. The van der Waals surface area contributed by atoms with Gasteiger partial charge in [-0.05, 0) is 51.4 Å². The first kappa shape index (κ1) is 51.6. The minimum Gasteiger partial charge on any atom is -0.394 e. The van der Waals surface area contributed by atoms with Gasteiger partial charge in [-0.2, -0.15) is 0 Å². The van der Waals surface area contributed by atoms with E-state index in [2.05, 4.69) is 55.6 Å². The smallest absolute Gasteiger partial charge is 0.220 e. The number of hydrogen-bond donors (Lipinski definition) is 3. The van der Waals surface area contributed by atoms with E-state index in [4.69, 9.17) is 0 Å². The van der Waals surface area contributed by atoms with E-state index in [0.29, 0.717) is 12.8 Å². The van der Waals surface area contributed by atoms with E-state index in [-0.39, 0.29) is 12.5 Å². The van der Waals surface area contributed by atoms with Gasteiger partial charge in [-0.15, -0.1) is 0 Å². The Hall–Kier alpha value is -1.39. The maximum Gasteiger partial charge on any atom is 0.220 e. The fourth-order valence-electron chi connectivity index (χ4n) is 7.25. The Morgan fingerprint density at radius 2 is 0.774 bits per heavy atom. The highest BCUT2D eigenvalue weighted by Gasteiger charge is 2.20. The third-order valence-electron chi connectivity index (χ3n) is 10.9. The molecular weight excluding hydrogens is 651 g/mol. The van der Waals surface area contributed by atoms with Gasteiger partial charge in [0.25, 0.3) is 0 Å². The van der Waals surface area contributed by atoms with Gasteiger partial charge in [0.2, 0.25) is 5.91 Å². The van der Waals surface area contributed by atoms with Crippen molar-refractivity contribution in [3.05, 3.63) is 36.5 Å². The van der Waals surface area contributed by atoms with Gasteiger partial charge in [-0.25, -0.2) is 0 Å². The summed E-state index contributed by atoms with van der Waals surface area (Å²) in [5, 5.41) is 23.2. The van der Waals surface area contributed by atoms with E-state index in [0.717, 1.165) is 51.4 Å². The Morgan fingerprint density at radius 1 is 0.453 bits per heavy atom. The van der Waals surface area contributed by atoms with Crippen molar-refractivity contribution >= 4 is 5.91 Å². The largest absolute Gasteiger partial charge is 0.394 e. The van der Waals surface area contributed by atoms with Gasteiger partial charge < -0.3 is 15.5 Å². The molecule has 3 N–H and O–H groups in total. The molecule has 0 aromatic rings. The maximum absolute atomic E-state index is 12.4. The van der Waals surface area contributed by atoms with Crippen molar-refractivity contribution in [2.24, 2.45) is 0 Å². The Bertz CT molecular complexity index is 806. The lowest BCUT2D eigenvalue weighted by atomic mass is 10.0. The van der Waals surface area contributed by atoms with Gasteiger partial charge >= 0.3 is 0 Å². The van der Waals surface area contributed by atoms with E-state index in [9.17, 15) is 15.0 Å². The van der Waals surface area contributed by atoms with Crippen LogP contribution < -0.4 is 5.32 Å². The van der Waals surface area contributed by atoms with Crippen LogP contribution >= 0.6 is 0 Å². The maximum atomic E-state index is 12.4. The minimum absolute atomic E-state index is 0.0420. The number of amides is 1. The van der Waals surface area contributed by atoms with Crippen molar-refractivity contribution in [2.45, 2.75) is 264 Å². The van der Waals surface area contributed by atoms with Gasteiger partial charge in [0.05, 0.1) is 18.8 Å². The topological polar surface area (TPSA) is 69.6 Å². The number of nitrogens with one attached hydrogen (secondary N) is 1. The first-order chi connectivity index (χ1) is 26.2. The summed E-state index contributed by atoms with van der Waals surface area (Å²) in [6.45, 7) is 4.36. The molecule has 4 nitrogen and oxygen atoms in total. The molecule has 0 saturated heterocycles. The third kappa shape index (κ3) is 41.6. The van der Waals surface area contributed by atoms with Gasteiger partial charge in [-0.3, -0.25) is 4.79 Å². The second-order valence-corrected chi connectivity index (χ2v) is 16.2. The SMILES string of the molecule is CCCCCCC/C=C\C/C=C\C/C=C\CCCCCCCCC(=O)NC(CO)C(O)CCCCCCCCCCCCCCCCCCCCCC. The van der Waals surface area contributed by atoms with Crippen LogP contribution in [0.25, 0.3) is 0 Å². The second kappa shape index (κ2) is 45.0.